The highest BCUT2D eigenvalue weighted by atomic mass is 35.5. The van der Waals surface area contributed by atoms with Gasteiger partial charge in [-0.25, -0.2) is 0 Å². The number of amides is 1. The summed E-state index contributed by atoms with van der Waals surface area (Å²) < 4.78 is 34.3. The van der Waals surface area contributed by atoms with Crippen molar-refractivity contribution in [2.24, 2.45) is 0 Å². The van der Waals surface area contributed by atoms with E-state index < -0.39 is 12.5 Å². The van der Waals surface area contributed by atoms with Gasteiger partial charge in [-0.05, 0) is 48.2 Å². The van der Waals surface area contributed by atoms with Crippen LogP contribution in [0.4, 0.5) is 14.5 Å². The van der Waals surface area contributed by atoms with Crippen LogP contribution in [0, 0.1) is 6.92 Å². The van der Waals surface area contributed by atoms with E-state index in [1.54, 1.807) is 0 Å². The maximum absolute atomic E-state index is 12.2. The number of aryl methyl sites for hydroxylation is 1. The van der Waals surface area contributed by atoms with Gasteiger partial charge in [-0.3, -0.25) is 4.79 Å². The van der Waals surface area contributed by atoms with Gasteiger partial charge >= 0.3 is 6.61 Å². The van der Waals surface area contributed by atoms with Crippen molar-refractivity contribution in [1.29, 1.82) is 0 Å². The number of benzene rings is 2. The molecule has 0 atom stereocenters. The van der Waals surface area contributed by atoms with Crippen LogP contribution in [0.25, 0.3) is 0 Å². The van der Waals surface area contributed by atoms with Crippen molar-refractivity contribution >= 4 is 23.2 Å². The van der Waals surface area contributed by atoms with Crippen molar-refractivity contribution in [3.05, 3.63) is 52.5 Å². The monoisotopic (exact) mass is 383 g/mol. The number of nitrogens with one attached hydrogen (secondary N) is 1. The smallest absolute Gasteiger partial charge is 0.387 e. The first kappa shape index (κ1) is 20.0. The van der Waals surface area contributed by atoms with Crippen molar-refractivity contribution in [3.8, 4) is 11.5 Å². The minimum atomic E-state index is -2.97. The van der Waals surface area contributed by atoms with E-state index >= 15 is 0 Å². The molecule has 0 radical (unpaired) electrons. The summed E-state index contributed by atoms with van der Waals surface area (Å²) in [5.41, 5.74) is 2.41. The fraction of sp³-hybridized carbons (Fsp3) is 0.316. The van der Waals surface area contributed by atoms with Gasteiger partial charge in [0.15, 0.2) is 6.61 Å². The van der Waals surface area contributed by atoms with Crippen LogP contribution in [0.5, 0.6) is 11.5 Å². The first-order valence-electron chi connectivity index (χ1n) is 8.04. The number of rotatable bonds is 7. The number of carbonyl (C=O) groups is 1. The number of ether oxygens (including phenoxy) is 2. The van der Waals surface area contributed by atoms with Crippen LogP contribution in [0.1, 0.15) is 30.9 Å². The zero-order valence-electron chi connectivity index (χ0n) is 14.7. The Bertz CT molecular complexity index is 781. The molecule has 1 N–H and O–H groups in total. The summed E-state index contributed by atoms with van der Waals surface area (Å²) in [5.74, 6) is 0.447. The van der Waals surface area contributed by atoms with E-state index in [1.807, 2.05) is 25.1 Å². The second-order valence-electron chi connectivity index (χ2n) is 6.04. The molecule has 7 heteroatoms. The summed E-state index contributed by atoms with van der Waals surface area (Å²) in [7, 11) is 0. The van der Waals surface area contributed by atoms with E-state index in [0.29, 0.717) is 17.4 Å². The highest BCUT2D eigenvalue weighted by Gasteiger charge is 2.11. The second-order valence-corrected chi connectivity index (χ2v) is 6.45. The zero-order chi connectivity index (χ0) is 19.3. The molecule has 0 saturated heterocycles. The van der Waals surface area contributed by atoms with Crippen LogP contribution < -0.4 is 14.8 Å². The van der Waals surface area contributed by atoms with Gasteiger partial charge in [0.2, 0.25) is 0 Å². The Balaban J connectivity index is 1.97. The van der Waals surface area contributed by atoms with Crippen molar-refractivity contribution in [3.63, 3.8) is 0 Å². The summed E-state index contributed by atoms with van der Waals surface area (Å²) in [5, 5.41) is 2.58. The van der Waals surface area contributed by atoms with Crippen molar-refractivity contribution in [1.82, 2.24) is 0 Å². The van der Waals surface area contributed by atoms with E-state index in [4.69, 9.17) is 16.3 Å². The van der Waals surface area contributed by atoms with Gasteiger partial charge in [0.1, 0.15) is 11.5 Å². The van der Waals surface area contributed by atoms with Crippen LogP contribution in [0.2, 0.25) is 5.02 Å². The molecule has 0 aliphatic carbocycles. The third kappa shape index (κ3) is 5.59. The SMILES string of the molecule is Cc1ccc(C(C)C)cc1OCC(=O)Nc1ccc(OC(F)F)c(Cl)c1. The number of hydrogen-bond acceptors (Lipinski definition) is 3. The van der Waals surface area contributed by atoms with Crippen molar-refractivity contribution in [2.45, 2.75) is 33.3 Å². The quantitative estimate of drug-likeness (QED) is 0.697. The van der Waals surface area contributed by atoms with E-state index in [9.17, 15) is 13.6 Å². The highest BCUT2D eigenvalue weighted by molar-refractivity contribution is 6.32. The molecule has 0 saturated carbocycles. The first-order chi connectivity index (χ1) is 12.3. The van der Waals surface area contributed by atoms with Crippen LogP contribution in [-0.4, -0.2) is 19.1 Å². The van der Waals surface area contributed by atoms with Gasteiger partial charge < -0.3 is 14.8 Å². The first-order valence-corrected chi connectivity index (χ1v) is 8.41. The van der Waals surface area contributed by atoms with Crippen molar-refractivity contribution in [2.75, 3.05) is 11.9 Å². The summed E-state index contributed by atoms with van der Waals surface area (Å²) in [4.78, 5) is 12.1. The molecule has 0 spiro atoms. The molecule has 0 aromatic heterocycles. The predicted octanol–water partition coefficient (Wildman–Crippen LogP) is 5.39. The molecule has 0 aliphatic rings. The third-order valence-electron chi connectivity index (χ3n) is 3.67. The topological polar surface area (TPSA) is 47.6 Å². The summed E-state index contributed by atoms with van der Waals surface area (Å²) >= 11 is 5.86. The van der Waals surface area contributed by atoms with E-state index in [1.165, 1.54) is 18.2 Å². The Kier molecular flexibility index (Phi) is 6.80. The largest absolute Gasteiger partial charge is 0.483 e. The van der Waals surface area contributed by atoms with Gasteiger partial charge in [-0.15, -0.1) is 0 Å². The molecular formula is C19H20ClF2NO3. The lowest BCUT2D eigenvalue weighted by molar-refractivity contribution is -0.118. The Morgan fingerprint density at radius 2 is 1.88 bits per heavy atom. The molecule has 0 heterocycles. The number of anilines is 1. The lowest BCUT2D eigenvalue weighted by atomic mass is 10.0. The minimum Gasteiger partial charge on any atom is -0.483 e. The Morgan fingerprint density at radius 1 is 1.15 bits per heavy atom. The molecule has 2 aromatic rings. The maximum atomic E-state index is 12.2. The molecular weight excluding hydrogens is 364 g/mol. The molecule has 0 bridgehead atoms. The van der Waals surface area contributed by atoms with Gasteiger partial charge in [0, 0.05) is 5.69 Å². The lowest BCUT2D eigenvalue weighted by Crippen LogP contribution is -2.20. The Hall–Kier alpha value is -2.34. The predicted molar refractivity (Wildman–Crippen MR) is 97.5 cm³/mol. The minimum absolute atomic E-state index is 0.0236. The zero-order valence-corrected chi connectivity index (χ0v) is 15.4. The highest BCUT2D eigenvalue weighted by Crippen LogP contribution is 2.29. The van der Waals surface area contributed by atoms with E-state index in [2.05, 4.69) is 23.9 Å². The molecule has 0 aliphatic heterocycles. The summed E-state index contributed by atoms with van der Waals surface area (Å²) in [6, 6.07) is 9.91. The van der Waals surface area contributed by atoms with Crippen LogP contribution in [0.3, 0.4) is 0 Å². The standard InChI is InChI=1S/C19H20ClF2NO3/c1-11(2)13-5-4-12(3)17(8-13)25-10-18(24)23-14-6-7-16(15(20)9-14)26-19(21)22/h4-9,11,19H,10H2,1-3H3,(H,23,24). The summed E-state index contributed by atoms with van der Waals surface area (Å²) in [6.07, 6.45) is 0. The van der Waals surface area contributed by atoms with Crippen LogP contribution >= 0.6 is 11.6 Å². The second kappa shape index (κ2) is 8.85. The molecule has 2 rings (SSSR count). The normalized spacial score (nSPS) is 10.9. The van der Waals surface area contributed by atoms with Crippen molar-refractivity contribution < 1.29 is 23.0 Å². The molecule has 2 aromatic carbocycles. The molecule has 140 valence electrons. The fourth-order valence-corrected chi connectivity index (χ4v) is 2.47. The Labute approximate surface area is 156 Å². The lowest BCUT2D eigenvalue weighted by Gasteiger charge is -2.13. The van der Waals surface area contributed by atoms with Gasteiger partial charge in [0.25, 0.3) is 5.91 Å². The third-order valence-corrected chi connectivity index (χ3v) is 3.96. The molecule has 0 unspecified atom stereocenters. The fourth-order valence-electron chi connectivity index (χ4n) is 2.24. The number of halogens is 3. The van der Waals surface area contributed by atoms with E-state index in [0.717, 1.165) is 11.1 Å². The number of hydrogen-bond donors (Lipinski definition) is 1. The van der Waals surface area contributed by atoms with Crippen LogP contribution in [0.15, 0.2) is 36.4 Å². The average Bonchev–Trinajstić information content (AvgIpc) is 2.56. The molecule has 0 fully saturated rings. The van der Waals surface area contributed by atoms with E-state index in [-0.39, 0.29) is 17.4 Å². The number of carbonyl (C=O) groups excluding carboxylic acids is 1. The molecule has 26 heavy (non-hydrogen) atoms. The van der Waals surface area contributed by atoms with Gasteiger partial charge in [-0.2, -0.15) is 8.78 Å². The van der Waals surface area contributed by atoms with Gasteiger partial charge in [0.05, 0.1) is 5.02 Å². The molecule has 4 nitrogen and oxygen atoms in total. The summed E-state index contributed by atoms with van der Waals surface area (Å²) in [6.45, 7) is 2.90. The average molecular weight is 384 g/mol. The Morgan fingerprint density at radius 3 is 2.50 bits per heavy atom. The number of alkyl halides is 2. The molecule has 1 amide bonds. The van der Waals surface area contributed by atoms with Crippen LogP contribution in [-0.2, 0) is 4.79 Å². The maximum Gasteiger partial charge on any atom is 0.387 e. The van der Waals surface area contributed by atoms with Gasteiger partial charge in [-0.1, -0.05) is 37.6 Å².